The molecule has 0 aromatic heterocycles. The molecule has 1 N–H and O–H groups in total. The van der Waals surface area contributed by atoms with Crippen LogP contribution in [0.1, 0.15) is 0 Å². The normalized spacial score (nSPS) is 40.8. The van der Waals surface area contributed by atoms with Crippen LogP contribution in [0.15, 0.2) is 0 Å². The van der Waals surface area contributed by atoms with Crippen molar-refractivity contribution in [2.75, 3.05) is 26.7 Å². The first-order chi connectivity index (χ1) is 4.97. The van der Waals surface area contributed by atoms with E-state index in [4.69, 9.17) is 14.2 Å². The average Bonchev–Trinajstić information content (AvgIpc) is 2.28. The molecule has 0 bridgehead atoms. The van der Waals surface area contributed by atoms with Gasteiger partial charge in [-0.2, -0.15) is 0 Å². The van der Waals surface area contributed by atoms with E-state index in [1.54, 1.807) is 0 Å². The molecule has 2 saturated heterocycles. The molecule has 0 aromatic rings. The summed E-state index contributed by atoms with van der Waals surface area (Å²) in [5, 5.41) is 3.17. The topological polar surface area (TPSA) is 39.7 Å². The van der Waals surface area contributed by atoms with E-state index >= 15 is 0 Å². The van der Waals surface area contributed by atoms with Crippen molar-refractivity contribution >= 4 is 0 Å². The molecular formula is C6H11NO3. The first kappa shape index (κ1) is 6.54. The first-order valence-corrected chi connectivity index (χ1v) is 3.47. The van der Waals surface area contributed by atoms with Crippen molar-refractivity contribution in [2.45, 2.75) is 12.1 Å². The molecule has 4 nitrogen and oxygen atoms in total. The van der Waals surface area contributed by atoms with E-state index in [9.17, 15) is 0 Å². The Hall–Kier alpha value is -0.160. The number of fused-ring (bicyclic) bond motifs is 1. The Balaban J connectivity index is 1.95. The molecule has 0 aliphatic carbocycles. The number of hydrogen-bond donors (Lipinski definition) is 1. The van der Waals surface area contributed by atoms with Crippen LogP contribution >= 0.6 is 0 Å². The van der Waals surface area contributed by atoms with Crippen LogP contribution < -0.4 is 5.32 Å². The third-order valence-corrected chi connectivity index (χ3v) is 1.84. The van der Waals surface area contributed by atoms with Gasteiger partial charge < -0.3 is 14.2 Å². The van der Waals surface area contributed by atoms with Gasteiger partial charge in [-0.15, -0.1) is 0 Å². The van der Waals surface area contributed by atoms with Gasteiger partial charge in [-0.25, -0.2) is 0 Å². The highest BCUT2D eigenvalue weighted by Crippen LogP contribution is 2.10. The molecule has 0 radical (unpaired) electrons. The molecule has 2 aliphatic rings. The fourth-order valence-corrected chi connectivity index (χ4v) is 1.24. The van der Waals surface area contributed by atoms with Crippen LogP contribution in [-0.2, 0) is 14.2 Å². The van der Waals surface area contributed by atoms with Gasteiger partial charge >= 0.3 is 0 Å². The van der Waals surface area contributed by atoms with E-state index in [-0.39, 0.29) is 6.10 Å². The van der Waals surface area contributed by atoms with Crippen LogP contribution in [-0.4, -0.2) is 38.9 Å². The van der Waals surface area contributed by atoms with E-state index in [1.807, 2.05) is 0 Å². The summed E-state index contributed by atoms with van der Waals surface area (Å²) in [6.45, 7) is 2.38. The zero-order chi connectivity index (χ0) is 6.81. The maximum Gasteiger partial charge on any atom is 0.146 e. The van der Waals surface area contributed by atoms with Gasteiger partial charge in [0.2, 0.25) is 0 Å². The highest BCUT2D eigenvalue weighted by molar-refractivity contribution is 4.81. The van der Waals surface area contributed by atoms with Crippen LogP contribution in [0, 0.1) is 0 Å². The minimum Gasteiger partial charge on any atom is -0.359 e. The van der Waals surface area contributed by atoms with E-state index < -0.39 is 0 Å². The van der Waals surface area contributed by atoms with Gasteiger partial charge in [0, 0.05) is 0 Å². The Bertz CT molecular complexity index is 108. The van der Waals surface area contributed by atoms with Crippen LogP contribution in [0.25, 0.3) is 0 Å². The number of ether oxygens (including phenoxy) is 3. The van der Waals surface area contributed by atoms with Crippen molar-refractivity contribution in [3.8, 4) is 0 Å². The molecule has 2 rings (SSSR count). The van der Waals surface area contributed by atoms with E-state index in [1.165, 1.54) is 0 Å². The third-order valence-electron chi connectivity index (χ3n) is 1.84. The average molecular weight is 145 g/mol. The molecule has 2 fully saturated rings. The molecule has 0 aromatic carbocycles. The Morgan fingerprint density at radius 3 is 3.10 bits per heavy atom. The Morgan fingerprint density at radius 1 is 1.20 bits per heavy atom. The summed E-state index contributed by atoms with van der Waals surface area (Å²) in [4.78, 5) is 0. The summed E-state index contributed by atoms with van der Waals surface area (Å²) in [6.07, 6.45) is 0.197. The first-order valence-electron chi connectivity index (χ1n) is 3.47. The van der Waals surface area contributed by atoms with Gasteiger partial charge in [-0.1, -0.05) is 0 Å². The van der Waals surface area contributed by atoms with Gasteiger partial charge in [0.1, 0.15) is 12.9 Å². The maximum absolute atomic E-state index is 5.32. The minimum atomic E-state index is 0.197. The number of nitrogens with one attached hydrogen (secondary N) is 1. The highest BCUT2D eigenvalue weighted by atomic mass is 16.7. The standard InChI is InChI=1S/C6H11NO3/c1-5-6(10-3-7-5)2-9-4-8-1/h5-7H,1-4H2. The van der Waals surface area contributed by atoms with E-state index in [0.717, 1.165) is 0 Å². The maximum atomic E-state index is 5.32. The molecule has 10 heavy (non-hydrogen) atoms. The molecular weight excluding hydrogens is 134 g/mol. The Labute approximate surface area is 59.4 Å². The highest BCUT2D eigenvalue weighted by Gasteiger charge is 2.29. The summed E-state index contributed by atoms with van der Waals surface area (Å²) in [5.41, 5.74) is 0. The summed E-state index contributed by atoms with van der Waals surface area (Å²) >= 11 is 0. The van der Waals surface area contributed by atoms with E-state index in [0.29, 0.717) is 32.8 Å². The fourth-order valence-electron chi connectivity index (χ4n) is 1.24. The second-order valence-corrected chi connectivity index (χ2v) is 2.52. The number of rotatable bonds is 0. The predicted octanol–water partition coefficient (Wildman–Crippen LogP) is -0.695. The molecule has 4 heteroatoms. The van der Waals surface area contributed by atoms with E-state index in [2.05, 4.69) is 5.32 Å². The smallest absolute Gasteiger partial charge is 0.146 e. The minimum absolute atomic E-state index is 0.197. The lowest BCUT2D eigenvalue weighted by molar-refractivity contribution is -0.0520. The van der Waals surface area contributed by atoms with Crippen LogP contribution in [0.4, 0.5) is 0 Å². The lowest BCUT2D eigenvalue weighted by Gasteiger charge is -2.10. The molecule has 2 heterocycles. The zero-order valence-electron chi connectivity index (χ0n) is 5.71. The van der Waals surface area contributed by atoms with Gasteiger partial charge in [0.25, 0.3) is 0 Å². The summed E-state index contributed by atoms with van der Waals surface area (Å²) in [6, 6.07) is 0.336. The second kappa shape index (κ2) is 2.84. The molecule has 58 valence electrons. The lowest BCUT2D eigenvalue weighted by Crippen LogP contribution is -2.35. The molecule has 0 spiro atoms. The molecule has 2 atom stereocenters. The molecule has 0 saturated carbocycles. The SMILES string of the molecule is C1OCC2NCOC2CO1. The lowest BCUT2D eigenvalue weighted by atomic mass is 10.2. The molecule has 0 amide bonds. The quantitative estimate of drug-likeness (QED) is 0.489. The van der Waals surface area contributed by atoms with Gasteiger partial charge in [-0.3, -0.25) is 5.32 Å². The van der Waals surface area contributed by atoms with Crippen LogP contribution in [0.5, 0.6) is 0 Å². The van der Waals surface area contributed by atoms with Crippen molar-refractivity contribution in [1.29, 1.82) is 0 Å². The Kier molecular flexibility index (Phi) is 1.86. The number of hydrogen-bond acceptors (Lipinski definition) is 4. The monoisotopic (exact) mass is 145 g/mol. The van der Waals surface area contributed by atoms with Gasteiger partial charge in [0.05, 0.1) is 26.0 Å². The third kappa shape index (κ3) is 1.15. The van der Waals surface area contributed by atoms with Crippen molar-refractivity contribution < 1.29 is 14.2 Å². The zero-order valence-corrected chi connectivity index (χ0v) is 5.71. The molecule has 2 unspecified atom stereocenters. The van der Waals surface area contributed by atoms with Crippen molar-refractivity contribution in [1.82, 2.24) is 5.32 Å². The van der Waals surface area contributed by atoms with Gasteiger partial charge in [0.15, 0.2) is 0 Å². The van der Waals surface area contributed by atoms with Crippen LogP contribution in [0.2, 0.25) is 0 Å². The predicted molar refractivity (Wildman–Crippen MR) is 33.4 cm³/mol. The molecule has 2 aliphatic heterocycles. The Morgan fingerprint density at radius 2 is 2.10 bits per heavy atom. The van der Waals surface area contributed by atoms with Crippen molar-refractivity contribution in [3.05, 3.63) is 0 Å². The van der Waals surface area contributed by atoms with Crippen LogP contribution in [0.3, 0.4) is 0 Å². The summed E-state index contributed by atoms with van der Waals surface area (Å²) < 4.78 is 15.6. The fraction of sp³-hybridized carbons (Fsp3) is 1.00. The second-order valence-electron chi connectivity index (χ2n) is 2.52. The van der Waals surface area contributed by atoms with Crippen molar-refractivity contribution in [2.24, 2.45) is 0 Å². The largest absolute Gasteiger partial charge is 0.359 e. The van der Waals surface area contributed by atoms with Crippen molar-refractivity contribution in [3.63, 3.8) is 0 Å². The summed E-state index contributed by atoms with van der Waals surface area (Å²) in [5.74, 6) is 0. The van der Waals surface area contributed by atoms with Gasteiger partial charge in [-0.05, 0) is 0 Å². The summed E-state index contributed by atoms with van der Waals surface area (Å²) in [7, 11) is 0.